The Labute approximate surface area is 151 Å². The number of esters is 1. The molecule has 126 valence electrons. The molecule has 0 amide bonds. The second-order valence-electron chi connectivity index (χ2n) is 6.00. The molecule has 3 nitrogen and oxygen atoms in total. The van der Waals surface area contributed by atoms with E-state index in [9.17, 15) is 4.79 Å². The maximum absolute atomic E-state index is 12.3. The molecule has 0 bridgehead atoms. The molecule has 0 aliphatic rings. The first-order chi connectivity index (χ1) is 12.8. The molecule has 3 heteroatoms. The molecule has 0 saturated heterocycles. The van der Waals surface area contributed by atoms with Crippen molar-refractivity contribution in [3.8, 4) is 0 Å². The lowest BCUT2D eigenvalue weighted by molar-refractivity contribution is 0.0600. The Morgan fingerprint density at radius 2 is 1.69 bits per heavy atom. The third kappa shape index (κ3) is 2.84. The molecule has 1 heterocycles. The van der Waals surface area contributed by atoms with E-state index >= 15 is 0 Å². The topological polar surface area (TPSA) is 39.2 Å². The van der Waals surface area contributed by atoms with Crippen molar-refractivity contribution in [3.05, 3.63) is 89.6 Å². The Bertz CT molecular complexity index is 1130. The van der Waals surface area contributed by atoms with Crippen LogP contribution < -0.4 is 0 Å². The molecular weight excluding hydrogens is 322 g/mol. The Balaban J connectivity index is 2.04. The number of fused-ring (bicyclic) bond motifs is 3. The average molecular weight is 339 g/mol. The van der Waals surface area contributed by atoms with Crippen LogP contribution in [0.2, 0.25) is 0 Å². The molecule has 0 aliphatic heterocycles. The third-order valence-electron chi connectivity index (χ3n) is 4.45. The Morgan fingerprint density at radius 3 is 2.50 bits per heavy atom. The fourth-order valence-electron chi connectivity index (χ4n) is 3.18. The van der Waals surface area contributed by atoms with E-state index in [0.717, 1.165) is 32.8 Å². The minimum Gasteiger partial charge on any atom is -0.465 e. The van der Waals surface area contributed by atoms with Crippen molar-refractivity contribution in [2.24, 2.45) is 0 Å². The molecule has 0 spiro atoms. The lowest BCUT2D eigenvalue weighted by atomic mass is 9.97. The minimum atomic E-state index is -0.389. The van der Waals surface area contributed by atoms with Gasteiger partial charge in [0.25, 0.3) is 0 Å². The van der Waals surface area contributed by atoms with Crippen molar-refractivity contribution in [3.63, 3.8) is 0 Å². The highest BCUT2D eigenvalue weighted by atomic mass is 16.5. The fraction of sp³-hybridized carbons (Fsp3) is 0.0435. The van der Waals surface area contributed by atoms with Gasteiger partial charge in [0, 0.05) is 17.1 Å². The summed E-state index contributed by atoms with van der Waals surface area (Å²) >= 11 is 0. The number of benzene rings is 3. The molecular formula is C23H17NO2. The number of hydrogen-bond acceptors (Lipinski definition) is 3. The summed E-state index contributed by atoms with van der Waals surface area (Å²) in [6.07, 6.45) is 5.56. The second kappa shape index (κ2) is 6.81. The molecule has 1 aromatic heterocycles. The highest BCUT2D eigenvalue weighted by molar-refractivity contribution is 6.13. The van der Waals surface area contributed by atoms with E-state index in [-0.39, 0.29) is 5.97 Å². The van der Waals surface area contributed by atoms with Crippen LogP contribution in [-0.4, -0.2) is 18.1 Å². The van der Waals surface area contributed by atoms with Gasteiger partial charge < -0.3 is 4.74 Å². The lowest BCUT2D eigenvalue weighted by Crippen LogP contribution is -2.05. The zero-order valence-corrected chi connectivity index (χ0v) is 14.3. The highest BCUT2D eigenvalue weighted by Crippen LogP contribution is 2.30. The predicted molar refractivity (Wildman–Crippen MR) is 106 cm³/mol. The van der Waals surface area contributed by atoms with Gasteiger partial charge in [-0.25, -0.2) is 4.79 Å². The summed E-state index contributed by atoms with van der Waals surface area (Å²) in [5, 5.41) is 3.13. The van der Waals surface area contributed by atoms with Crippen LogP contribution in [-0.2, 0) is 4.74 Å². The van der Waals surface area contributed by atoms with Crippen LogP contribution in [0.3, 0.4) is 0 Å². The van der Waals surface area contributed by atoms with Crippen molar-refractivity contribution in [2.45, 2.75) is 0 Å². The van der Waals surface area contributed by atoms with Gasteiger partial charge in [-0.3, -0.25) is 4.98 Å². The van der Waals surface area contributed by atoms with Gasteiger partial charge in [0.05, 0.1) is 18.2 Å². The van der Waals surface area contributed by atoms with Crippen molar-refractivity contribution in [1.82, 2.24) is 4.98 Å². The van der Waals surface area contributed by atoms with E-state index in [0.29, 0.717) is 5.56 Å². The summed E-state index contributed by atoms with van der Waals surface area (Å²) in [6, 6.07) is 22.2. The first kappa shape index (κ1) is 16.0. The summed E-state index contributed by atoms with van der Waals surface area (Å²) in [6.45, 7) is 0. The summed E-state index contributed by atoms with van der Waals surface area (Å²) in [5.74, 6) is -0.389. The Morgan fingerprint density at radius 1 is 0.923 bits per heavy atom. The summed E-state index contributed by atoms with van der Waals surface area (Å²) in [7, 11) is 1.39. The molecule has 0 saturated carbocycles. The van der Waals surface area contributed by atoms with Crippen LogP contribution >= 0.6 is 0 Å². The van der Waals surface area contributed by atoms with Gasteiger partial charge in [-0.2, -0.15) is 0 Å². The molecule has 26 heavy (non-hydrogen) atoms. The van der Waals surface area contributed by atoms with E-state index in [1.54, 1.807) is 6.20 Å². The zero-order valence-electron chi connectivity index (χ0n) is 14.3. The van der Waals surface area contributed by atoms with Crippen LogP contribution in [0.1, 0.15) is 21.5 Å². The average Bonchev–Trinajstić information content (AvgIpc) is 2.71. The lowest BCUT2D eigenvalue weighted by Gasteiger charge is -2.11. The van der Waals surface area contributed by atoms with Crippen LogP contribution in [0.25, 0.3) is 33.8 Å². The maximum Gasteiger partial charge on any atom is 0.340 e. The summed E-state index contributed by atoms with van der Waals surface area (Å²) in [5.41, 5.74) is 3.20. The quantitative estimate of drug-likeness (QED) is 0.373. The molecule has 0 N–H and O–H groups in total. The van der Waals surface area contributed by atoms with Gasteiger partial charge in [0.2, 0.25) is 0 Å². The number of ether oxygens (including phenoxy) is 1. The van der Waals surface area contributed by atoms with Crippen LogP contribution in [0, 0.1) is 0 Å². The Kier molecular flexibility index (Phi) is 4.20. The molecule has 4 aromatic rings. The van der Waals surface area contributed by atoms with Crippen LogP contribution in [0.15, 0.2) is 72.9 Å². The van der Waals surface area contributed by atoms with E-state index in [4.69, 9.17) is 4.74 Å². The van der Waals surface area contributed by atoms with E-state index in [1.165, 1.54) is 7.11 Å². The third-order valence-corrected chi connectivity index (χ3v) is 4.45. The number of pyridine rings is 1. The number of hydrogen-bond donors (Lipinski definition) is 0. The van der Waals surface area contributed by atoms with Crippen molar-refractivity contribution in [1.29, 1.82) is 0 Å². The maximum atomic E-state index is 12.3. The molecule has 4 rings (SSSR count). The van der Waals surface area contributed by atoms with E-state index in [2.05, 4.69) is 17.1 Å². The Hall–Kier alpha value is -3.46. The van der Waals surface area contributed by atoms with Gasteiger partial charge in [-0.15, -0.1) is 0 Å². The molecule has 0 atom stereocenters. The first-order valence-corrected chi connectivity index (χ1v) is 8.40. The second-order valence-corrected chi connectivity index (χ2v) is 6.00. The monoisotopic (exact) mass is 339 g/mol. The molecule has 0 aliphatic carbocycles. The van der Waals surface area contributed by atoms with Gasteiger partial charge in [0.15, 0.2) is 0 Å². The normalized spacial score (nSPS) is 11.3. The molecule has 0 fully saturated rings. The van der Waals surface area contributed by atoms with E-state index < -0.39 is 0 Å². The van der Waals surface area contributed by atoms with Crippen molar-refractivity contribution >= 4 is 39.8 Å². The van der Waals surface area contributed by atoms with Gasteiger partial charge in [0.1, 0.15) is 0 Å². The molecule has 0 unspecified atom stereocenters. The molecule has 0 radical (unpaired) electrons. The van der Waals surface area contributed by atoms with Crippen molar-refractivity contribution < 1.29 is 9.53 Å². The van der Waals surface area contributed by atoms with Gasteiger partial charge >= 0.3 is 5.97 Å². The highest BCUT2D eigenvalue weighted by Gasteiger charge is 2.16. The summed E-state index contributed by atoms with van der Waals surface area (Å²) in [4.78, 5) is 16.8. The number of carbonyl (C=O) groups is 1. The smallest absolute Gasteiger partial charge is 0.340 e. The number of nitrogens with zero attached hydrogens (tertiary/aromatic N) is 1. The van der Waals surface area contributed by atoms with Crippen LogP contribution in [0.5, 0.6) is 0 Å². The number of rotatable bonds is 3. The summed E-state index contributed by atoms with van der Waals surface area (Å²) < 4.78 is 4.98. The number of carbonyl (C=O) groups excluding carboxylic acids is 1. The standard InChI is InChI=1S/C23H17NO2/c1-26-23(25)20-15-24-21-14-12-17-9-5-6-10-18(17)22(21)19(20)13-11-16-7-3-2-4-8-16/h2-15H,1H3. The first-order valence-electron chi connectivity index (χ1n) is 8.40. The van der Waals surface area contributed by atoms with Gasteiger partial charge in [-0.1, -0.05) is 72.8 Å². The largest absolute Gasteiger partial charge is 0.465 e. The number of methoxy groups -OCH3 is 1. The SMILES string of the molecule is COC(=O)c1cnc2ccc3ccccc3c2c1C=Cc1ccccc1. The van der Waals surface area contributed by atoms with E-state index in [1.807, 2.05) is 66.7 Å². The zero-order chi connectivity index (χ0) is 17.9. The molecule has 3 aromatic carbocycles. The van der Waals surface area contributed by atoms with Crippen LogP contribution in [0.4, 0.5) is 0 Å². The van der Waals surface area contributed by atoms with Crippen molar-refractivity contribution in [2.75, 3.05) is 7.11 Å². The fourth-order valence-corrected chi connectivity index (χ4v) is 3.18. The number of aromatic nitrogens is 1. The predicted octanol–water partition coefficient (Wildman–Crippen LogP) is 5.35. The minimum absolute atomic E-state index is 0.389. The van der Waals surface area contributed by atoms with Gasteiger partial charge in [-0.05, 0) is 22.4 Å².